The summed E-state index contributed by atoms with van der Waals surface area (Å²) in [5.41, 5.74) is 3.98. The van der Waals surface area contributed by atoms with Crippen molar-refractivity contribution in [1.29, 1.82) is 5.26 Å². The van der Waals surface area contributed by atoms with Crippen molar-refractivity contribution >= 4 is 28.6 Å². The zero-order valence-corrected chi connectivity index (χ0v) is 19.1. The Morgan fingerprint density at radius 3 is 2.78 bits per heavy atom. The van der Waals surface area contributed by atoms with Crippen LogP contribution in [0.3, 0.4) is 0 Å². The molecule has 1 aromatic heterocycles. The van der Waals surface area contributed by atoms with E-state index in [0.29, 0.717) is 23.0 Å². The van der Waals surface area contributed by atoms with Crippen LogP contribution in [0, 0.1) is 11.3 Å². The predicted octanol–water partition coefficient (Wildman–Crippen LogP) is 2.68. The minimum atomic E-state index is -3.13. The first kappa shape index (κ1) is 23.4. The highest BCUT2D eigenvalue weighted by molar-refractivity contribution is 6.08. The molecule has 3 amide bonds. The smallest absolute Gasteiger partial charge is 0.268 e. The number of carbonyl (C=O) groups excluding carboxylic acids is 3. The quantitative estimate of drug-likeness (QED) is 0.585. The van der Waals surface area contributed by atoms with Gasteiger partial charge in [0.25, 0.3) is 17.7 Å². The van der Waals surface area contributed by atoms with Crippen molar-refractivity contribution in [2.45, 2.75) is 24.8 Å². The van der Waals surface area contributed by atoms with Crippen molar-refractivity contribution < 1.29 is 23.2 Å². The van der Waals surface area contributed by atoms with E-state index in [1.54, 1.807) is 18.2 Å². The number of alkyl halides is 2. The molecule has 3 aromatic rings. The number of fused-ring (bicyclic) bond motifs is 2. The maximum Gasteiger partial charge on any atom is 0.268 e. The van der Waals surface area contributed by atoms with Crippen molar-refractivity contribution in [1.82, 2.24) is 20.5 Å². The van der Waals surface area contributed by atoms with E-state index in [-0.39, 0.29) is 11.5 Å². The number of pyridine rings is 1. The molecule has 0 radical (unpaired) electrons. The maximum atomic E-state index is 13.7. The van der Waals surface area contributed by atoms with Crippen LogP contribution in [0.15, 0.2) is 48.7 Å². The first-order valence-corrected chi connectivity index (χ1v) is 11.4. The second kappa shape index (κ2) is 9.00. The number of nitrogens with one attached hydrogen (secondary N) is 2. The number of likely N-dealkylation sites (tertiary alicyclic amines) is 1. The Bertz CT molecular complexity index is 1450. The monoisotopic (exact) mass is 489 g/mol. The lowest BCUT2D eigenvalue weighted by Crippen LogP contribution is -2.43. The van der Waals surface area contributed by atoms with Crippen molar-refractivity contribution in [3.63, 3.8) is 0 Å². The van der Waals surface area contributed by atoms with E-state index in [2.05, 4.69) is 15.6 Å². The standard InChI is InChI=1S/C26H21F2N5O3/c27-26(28)11-18(12-29)33(14-26)23(34)13-32-24(35)19-6-8-30-22-4-3-17(10-21(19)22)16-2-1-15-5-7-31-25(36)20(15)9-16/h1-4,6,8-10,18H,5,7,11,13-14H2,(H,31,36)(H,32,35). The number of amides is 3. The lowest BCUT2D eigenvalue weighted by molar-refractivity contribution is -0.131. The van der Waals surface area contributed by atoms with Crippen LogP contribution >= 0.6 is 0 Å². The van der Waals surface area contributed by atoms with E-state index < -0.39 is 43.3 Å². The first-order chi connectivity index (χ1) is 17.3. The van der Waals surface area contributed by atoms with Gasteiger partial charge in [-0.15, -0.1) is 0 Å². The van der Waals surface area contributed by atoms with Gasteiger partial charge in [0.05, 0.1) is 30.2 Å². The molecule has 1 fully saturated rings. The highest BCUT2D eigenvalue weighted by Crippen LogP contribution is 2.32. The van der Waals surface area contributed by atoms with Crippen LogP contribution in [0.4, 0.5) is 8.78 Å². The number of hydrogen-bond donors (Lipinski definition) is 2. The number of nitrogens with zero attached hydrogens (tertiary/aromatic N) is 3. The summed E-state index contributed by atoms with van der Waals surface area (Å²) in [6.07, 6.45) is 1.51. The van der Waals surface area contributed by atoms with Gasteiger partial charge in [-0.1, -0.05) is 18.2 Å². The van der Waals surface area contributed by atoms with Crippen LogP contribution in [-0.2, 0) is 11.2 Å². The average Bonchev–Trinajstić information content (AvgIpc) is 3.21. The molecule has 10 heteroatoms. The summed E-state index contributed by atoms with van der Waals surface area (Å²) in [5, 5.41) is 14.9. The summed E-state index contributed by atoms with van der Waals surface area (Å²) in [6, 6.07) is 13.0. The number of carbonyl (C=O) groups is 3. The first-order valence-electron chi connectivity index (χ1n) is 11.4. The number of halogens is 2. The van der Waals surface area contributed by atoms with E-state index in [1.807, 2.05) is 24.3 Å². The topological polar surface area (TPSA) is 115 Å². The molecule has 1 saturated heterocycles. The minimum absolute atomic E-state index is 0.125. The molecule has 182 valence electrons. The highest BCUT2D eigenvalue weighted by atomic mass is 19.3. The van der Waals surface area contributed by atoms with E-state index in [9.17, 15) is 23.2 Å². The van der Waals surface area contributed by atoms with Crippen molar-refractivity contribution in [2.75, 3.05) is 19.6 Å². The van der Waals surface area contributed by atoms with Crippen molar-refractivity contribution in [2.24, 2.45) is 0 Å². The van der Waals surface area contributed by atoms with Crippen molar-refractivity contribution in [3.05, 3.63) is 65.4 Å². The number of rotatable bonds is 4. The summed E-state index contributed by atoms with van der Waals surface area (Å²) < 4.78 is 27.3. The Morgan fingerprint density at radius 1 is 1.19 bits per heavy atom. The predicted molar refractivity (Wildman–Crippen MR) is 126 cm³/mol. The molecular weight excluding hydrogens is 468 g/mol. The molecule has 1 atom stereocenters. The van der Waals surface area contributed by atoms with Gasteiger partial charge >= 0.3 is 0 Å². The van der Waals surface area contributed by atoms with Gasteiger partial charge < -0.3 is 15.5 Å². The molecule has 0 bridgehead atoms. The molecule has 2 aromatic carbocycles. The third-order valence-electron chi connectivity index (χ3n) is 6.49. The summed E-state index contributed by atoms with van der Waals surface area (Å²) in [6.45, 7) is -0.762. The third-order valence-corrected chi connectivity index (χ3v) is 6.49. The van der Waals surface area contributed by atoms with Crippen molar-refractivity contribution in [3.8, 4) is 17.2 Å². The molecule has 2 N–H and O–H groups in total. The maximum absolute atomic E-state index is 13.7. The van der Waals surface area contributed by atoms with Gasteiger partial charge in [0.15, 0.2) is 0 Å². The fourth-order valence-electron chi connectivity index (χ4n) is 4.66. The molecule has 1 unspecified atom stereocenters. The minimum Gasteiger partial charge on any atom is -0.352 e. The van der Waals surface area contributed by atoms with E-state index in [4.69, 9.17) is 5.26 Å². The summed E-state index contributed by atoms with van der Waals surface area (Å²) in [4.78, 5) is 42.8. The van der Waals surface area contributed by atoms with E-state index in [0.717, 1.165) is 28.0 Å². The van der Waals surface area contributed by atoms with E-state index in [1.165, 1.54) is 12.3 Å². The lowest BCUT2D eigenvalue weighted by atomic mass is 9.94. The van der Waals surface area contributed by atoms with Gasteiger partial charge in [0.2, 0.25) is 5.91 Å². The molecule has 5 rings (SSSR count). The second-order valence-electron chi connectivity index (χ2n) is 8.88. The fourth-order valence-corrected chi connectivity index (χ4v) is 4.66. The van der Waals surface area contributed by atoms with Crippen LogP contribution in [0.1, 0.15) is 32.7 Å². The summed E-state index contributed by atoms with van der Waals surface area (Å²) >= 11 is 0. The van der Waals surface area contributed by atoms with Crippen LogP contribution < -0.4 is 10.6 Å². The van der Waals surface area contributed by atoms with Gasteiger partial charge in [0, 0.05) is 30.1 Å². The summed E-state index contributed by atoms with van der Waals surface area (Å²) in [5.74, 6) is -4.58. The Hall–Kier alpha value is -4.39. The molecule has 2 aliphatic heterocycles. The summed E-state index contributed by atoms with van der Waals surface area (Å²) in [7, 11) is 0. The molecule has 0 spiro atoms. The Morgan fingerprint density at radius 2 is 1.97 bits per heavy atom. The largest absolute Gasteiger partial charge is 0.352 e. The van der Waals surface area contributed by atoms with Gasteiger partial charge in [0.1, 0.15) is 6.04 Å². The lowest BCUT2D eigenvalue weighted by Gasteiger charge is -2.19. The molecule has 8 nitrogen and oxygen atoms in total. The van der Waals surface area contributed by atoms with Gasteiger partial charge in [-0.2, -0.15) is 5.26 Å². The fraction of sp³-hybridized carbons (Fsp3) is 0.269. The van der Waals surface area contributed by atoms with Gasteiger partial charge in [-0.3, -0.25) is 19.4 Å². The zero-order chi connectivity index (χ0) is 25.4. The molecule has 2 aliphatic rings. The molecule has 0 aliphatic carbocycles. The Labute approximate surface area is 204 Å². The number of hydrogen-bond acceptors (Lipinski definition) is 5. The molecular formula is C26H21F2N5O3. The highest BCUT2D eigenvalue weighted by Gasteiger charge is 2.47. The normalized spacial score (nSPS) is 18.3. The van der Waals surface area contributed by atoms with Crippen LogP contribution in [0.25, 0.3) is 22.0 Å². The van der Waals surface area contributed by atoms with E-state index >= 15 is 0 Å². The SMILES string of the molecule is N#CC1CC(F)(F)CN1C(=O)CNC(=O)c1ccnc2ccc(-c3ccc4c(c3)C(=O)NCC4)cc12. The average molecular weight is 489 g/mol. The van der Waals surface area contributed by atoms with Crippen LogP contribution in [0.5, 0.6) is 0 Å². The number of aromatic nitrogens is 1. The number of benzene rings is 2. The van der Waals surface area contributed by atoms with Crippen LogP contribution in [-0.4, -0.2) is 59.2 Å². The van der Waals surface area contributed by atoms with Gasteiger partial charge in [-0.25, -0.2) is 8.78 Å². The van der Waals surface area contributed by atoms with Gasteiger partial charge in [-0.05, 0) is 47.4 Å². The number of nitriles is 1. The Kier molecular flexibility index (Phi) is 5.84. The molecule has 0 saturated carbocycles. The van der Waals surface area contributed by atoms with Crippen LogP contribution in [0.2, 0.25) is 0 Å². The Balaban J connectivity index is 1.39. The zero-order valence-electron chi connectivity index (χ0n) is 19.1. The molecule has 3 heterocycles. The third kappa shape index (κ3) is 4.35. The molecule has 36 heavy (non-hydrogen) atoms. The second-order valence-corrected chi connectivity index (χ2v) is 8.88.